The molecule has 3 rings (SSSR count). The molecule has 3 aromatic rings. The second kappa shape index (κ2) is 14.3. The van der Waals surface area contributed by atoms with Crippen molar-refractivity contribution in [3.63, 3.8) is 0 Å². The Bertz CT molecular complexity index is 771. The van der Waals surface area contributed by atoms with Crippen LogP contribution >= 0.6 is 49.6 Å². The van der Waals surface area contributed by atoms with Crippen LogP contribution in [0.5, 0.6) is 0 Å². The molecular weight excluding hydrogens is 414 g/mol. The molecule has 146 valence electrons. The van der Waals surface area contributed by atoms with E-state index in [1.807, 2.05) is 0 Å². The van der Waals surface area contributed by atoms with Crippen molar-refractivity contribution in [1.29, 1.82) is 0 Å². The third-order valence-corrected chi connectivity index (χ3v) is 3.92. The largest absolute Gasteiger partial charge is 0.395 e. The smallest absolute Gasteiger partial charge is 0.0555 e. The predicted octanol–water partition coefficient (Wildman–Crippen LogP) is 4.35. The van der Waals surface area contributed by atoms with Crippen molar-refractivity contribution in [1.82, 2.24) is 10.6 Å². The van der Waals surface area contributed by atoms with Gasteiger partial charge in [-0.05, 0) is 39.2 Å². The fourth-order valence-electron chi connectivity index (χ4n) is 2.79. The standard InChI is InChI=1S/C19H22N2O.4ClH/c22-11-10-20-8-9-21-14-18-7-3-6-17-12-15-4-1-2-5-16(15)13-19(17)18;;;;/h1-7,12-13,20-22H,8-11,14H2;4*1H. The quantitative estimate of drug-likeness (QED) is 0.378. The summed E-state index contributed by atoms with van der Waals surface area (Å²) >= 11 is 0. The zero-order valence-electron chi connectivity index (χ0n) is 14.3. The maximum absolute atomic E-state index is 8.72. The minimum absolute atomic E-state index is 0. The van der Waals surface area contributed by atoms with Crippen LogP contribution in [-0.4, -0.2) is 31.3 Å². The summed E-state index contributed by atoms with van der Waals surface area (Å²) in [6.07, 6.45) is 0. The molecule has 0 aliphatic carbocycles. The van der Waals surface area contributed by atoms with Crippen LogP contribution in [-0.2, 0) is 6.54 Å². The van der Waals surface area contributed by atoms with Crippen molar-refractivity contribution in [2.24, 2.45) is 0 Å². The fraction of sp³-hybridized carbons (Fsp3) is 0.263. The zero-order chi connectivity index (χ0) is 15.2. The highest BCUT2D eigenvalue weighted by Gasteiger charge is 2.02. The van der Waals surface area contributed by atoms with Gasteiger partial charge in [-0.25, -0.2) is 0 Å². The molecule has 7 heteroatoms. The van der Waals surface area contributed by atoms with Gasteiger partial charge in [0.15, 0.2) is 0 Å². The van der Waals surface area contributed by atoms with E-state index in [9.17, 15) is 0 Å². The maximum Gasteiger partial charge on any atom is 0.0555 e. The van der Waals surface area contributed by atoms with E-state index in [0.29, 0.717) is 6.54 Å². The summed E-state index contributed by atoms with van der Waals surface area (Å²) in [6, 6.07) is 19.5. The van der Waals surface area contributed by atoms with Crippen LogP contribution in [0, 0.1) is 0 Å². The van der Waals surface area contributed by atoms with Gasteiger partial charge < -0.3 is 15.7 Å². The molecule has 0 fully saturated rings. The molecule has 3 nitrogen and oxygen atoms in total. The van der Waals surface area contributed by atoms with Crippen LogP contribution < -0.4 is 10.6 Å². The summed E-state index contributed by atoms with van der Waals surface area (Å²) in [5.74, 6) is 0. The van der Waals surface area contributed by atoms with E-state index in [-0.39, 0.29) is 56.2 Å². The van der Waals surface area contributed by atoms with Crippen LogP contribution in [0.15, 0.2) is 54.6 Å². The normalized spacial score (nSPS) is 9.58. The number of aliphatic hydroxyl groups excluding tert-OH is 1. The highest BCUT2D eigenvalue weighted by Crippen LogP contribution is 2.25. The monoisotopic (exact) mass is 438 g/mol. The zero-order valence-corrected chi connectivity index (χ0v) is 17.6. The second-order valence-electron chi connectivity index (χ2n) is 5.49. The maximum atomic E-state index is 8.72. The Hall–Kier alpha value is -0.780. The molecule has 0 amide bonds. The topological polar surface area (TPSA) is 44.3 Å². The molecular formula is C19H26Cl4N2O. The Balaban J connectivity index is 0. The van der Waals surface area contributed by atoms with Gasteiger partial charge in [-0.15, -0.1) is 49.6 Å². The third kappa shape index (κ3) is 7.09. The highest BCUT2D eigenvalue weighted by molar-refractivity contribution is 5.99. The van der Waals surface area contributed by atoms with Gasteiger partial charge in [0.1, 0.15) is 0 Å². The molecule has 0 bridgehead atoms. The Kier molecular flexibility index (Phi) is 15.1. The van der Waals surface area contributed by atoms with E-state index in [1.54, 1.807) is 0 Å². The van der Waals surface area contributed by atoms with Gasteiger partial charge in [0, 0.05) is 26.2 Å². The van der Waals surface area contributed by atoms with Crippen molar-refractivity contribution in [3.05, 3.63) is 60.2 Å². The molecule has 3 aromatic carbocycles. The first kappa shape index (κ1) is 27.4. The van der Waals surface area contributed by atoms with E-state index in [2.05, 4.69) is 65.2 Å². The van der Waals surface area contributed by atoms with E-state index in [1.165, 1.54) is 27.1 Å². The van der Waals surface area contributed by atoms with Crippen molar-refractivity contribution in [2.75, 3.05) is 26.2 Å². The lowest BCUT2D eigenvalue weighted by molar-refractivity contribution is 0.292. The number of fused-ring (bicyclic) bond motifs is 2. The Morgan fingerprint density at radius 1 is 0.654 bits per heavy atom. The first-order valence-corrected chi connectivity index (χ1v) is 7.81. The lowest BCUT2D eigenvalue weighted by Crippen LogP contribution is -2.28. The number of hydrogen-bond acceptors (Lipinski definition) is 3. The van der Waals surface area contributed by atoms with Gasteiger partial charge in [-0.3, -0.25) is 0 Å². The molecule has 0 spiro atoms. The first-order valence-electron chi connectivity index (χ1n) is 7.81. The third-order valence-electron chi connectivity index (χ3n) is 3.92. The van der Waals surface area contributed by atoms with Crippen LogP contribution in [0.3, 0.4) is 0 Å². The van der Waals surface area contributed by atoms with Crippen molar-refractivity contribution in [3.8, 4) is 0 Å². The summed E-state index contributed by atoms with van der Waals surface area (Å²) < 4.78 is 0. The van der Waals surface area contributed by atoms with Gasteiger partial charge in [-0.1, -0.05) is 42.5 Å². The number of rotatable bonds is 7. The molecule has 3 N–H and O–H groups in total. The average Bonchev–Trinajstić information content (AvgIpc) is 2.56. The van der Waals surface area contributed by atoms with E-state index < -0.39 is 0 Å². The van der Waals surface area contributed by atoms with E-state index in [0.717, 1.165) is 19.6 Å². The summed E-state index contributed by atoms with van der Waals surface area (Å²) in [6.45, 7) is 3.47. The molecule has 0 saturated heterocycles. The van der Waals surface area contributed by atoms with Gasteiger partial charge in [0.05, 0.1) is 6.61 Å². The molecule has 0 aliphatic heterocycles. The van der Waals surface area contributed by atoms with Crippen LogP contribution in [0.1, 0.15) is 5.56 Å². The van der Waals surface area contributed by atoms with Crippen LogP contribution in [0.25, 0.3) is 21.5 Å². The number of benzene rings is 3. The first-order chi connectivity index (χ1) is 10.9. The molecule has 0 atom stereocenters. The molecule has 0 saturated carbocycles. The second-order valence-corrected chi connectivity index (χ2v) is 5.49. The molecule has 0 aromatic heterocycles. The summed E-state index contributed by atoms with van der Waals surface area (Å²) in [5, 5.41) is 20.5. The molecule has 26 heavy (non-hydrogen) atoms. The highest BCUT2D eigenvalue weighted by atomic mass is 35.5. The Morgan fingerprint density at radius 2 is 1.27 bits per heavy atom. The number of nitrogens with one attached hydrogen (secondary N) is 2. The van der Waals surface area contributed by atoms with Gasteiger partial charge in [0.2, 0.25) is 0 Å². The van der Waals surface area contributed by atoms with Crippen molar-refractivity contribution < 1.29 is 5.11 Å². The van der Waals surface area contributed by atoms with Crippen molar-refractivity contribution >= 4 is 71.2 Å². The molecule has 0 aliphatic rings. The minimum Gasteiger partial charge on any atom is -0.395 e. The van der Waals surface area contributed by atoms with Gasteiger partial charge >= 0.3 is 0 Å². The molecule has 0 unspecified atom stereocenters. The lowest BCUT2D eigenvalue weighted by Gasteiger charge is -2.10. The fourth-order valence-corrected chi connectivity index (χ4v) is 2.79. The van der Waals surface area contributed by atoms with Crippen molar-refractivity contribution in [2.45, 2.75) is 6.54 Å². The van der Waals surface area contributed by atoms with Gasteiger partial charge in [-0.2, -0.15) is 0 Å². The molecule has 0 radical (unpaired) electrons. The number of aliphatic hydroxyl groups is 1. The van der Waals surface area contributed by atoms with E-state index >= 15 is 0 Å². The van der Waals surface area contributed by atoms with Gasteiger partial charge in [0.25, 0.3) is 0 Å². The SMILES string of the molecule is Cl.Cl.Cl.Cl.OCCNCCNCc1cccc2cc3ccccc3cc12. The Labute approximate surface area is 179 Å². The Morgan fingerprint density at radius 3 is 1.96 bits per heavy atom. The van der Waals surface area contributed by atoms with Crippen LogP contribution in [0.2, 0.25) is 0 Å². The van der Waals surface area contributed by atoms with E-state index in [4.69, 9.17) is 5.11 Å². The molecule has 0 heterocycles. The average molecular weight is 440 g/mol. The number of hydrogen-bond donors (Lipinski definition) is 3. The summed E-state index contributed by atoms with van der Waals surface area (Å²) in [4.78, 5) is 0. The number of halogens is 4. The summed E-state index contributed by atoms with van der Waals surface area (Å²) in [5.41, 5.74) is 1.32. The lowest BCUT2D eigenvalue weighted by atomic mass is 10.00. The van der Waals surface area contributed by atoms with Crippen LogP contribution in [0.4, 0.5) is 0 Å². The minimum atomic E-state index is 0. The summed E-state index contributed by atoms with van der Waals surface area (Å²) in [7, 11) is 0. The predicted molar refractivity (Wildman–Crippen MR) is 122 cm³/mol.